The first kappa shape index (κ1) is 12.6. The third kappa shape index (κ3) is 5.24. The number of hydrogen-bond donors (Lipinski definition) is 1. The molecule has 0 aliphatic carbocycles. The van der Waals surface area contributed by atoms with Gasteiger partial charge in [-0.05, 0) is 42.5 Å². The van der Waals surface area contributed by atoms with E-state index in [1.807, 2.05) is 11.8 Å². The summed E-state index contributed by atoms with van der Waals surface area (Å²) in [7, 11) is 0. The largest absolute Gasteiger partial charge is 0.313 e. The van der Waals surface area contributed by atoms with Crippen molar-refractivity contribution in [1.82, 2.24) is 5.32 Å². The third-order valence-electron chi connectivity index (χ3n) is 2.42. The standard InChI is InChI=1S/C13H21NS/c1-3-15-10-6-9-14-11-13-8-5-4-7-12(13)2/h4-5,7-8,14H,3,6,9-11H2,1-2H3. The number of hydrogen-bond acceptors (Lipinski definition) is 2. The Morgan fingerprint density at radius 2 is 2.07 bits per heavy atom. The Bertz CT molecular complexity index is 273. The van der Waals surface area contributed by atoms with Crippen LogP contribution in [0.2, 0.25) is 0 Å². The van der Waals surface area contributed by atoms with Gasteiger partial charge in [-0.1, -0.05) is 31.2 Å². The number of aryl methyl sites for hydroxylation is 1. The maximum absolute atomic E-state index is 3.49. The van der Waals surface area contributed by atoms with Gasteiger partial charge in [-0.2, -0.15) is 11.8 Å². The molecule has 1 rings (SSSR count). The van der Waals surface area contributed by atoms with Crippen molar-refractivity contribution < 1.29 is 0 Å². The highest BCUT2D eigenvalue weighted by molar-refractivity contribution is 7.99. The average Bonchev–Trinajstić information content (AvgIpc) is 2.25. The van der Waals surface area contributed by atoms with Gasteiger partial charge in [-0.15, -0.1) is 0 Å². The SMILES string of the molecule is CCSCCCNCc1ccccc1C. The van der Waals surface area contributed by atoms with Crippen molar-refractivity contribution in [3.8, 4) is 0 Å². The molecule has 1 nitrogen and oxygen atoms in total. The van der Waals surface area contributed by atoms with Gasteiger partial charge in [0, 0.05) is 6.54 Å². The van der Waals surface area contributed by atoms with E-state index in [-0.39, 0.29) is 0 Å². The molecule has 0 saturated heterocycles. The summed E-state index contributed by atoms with van der Waals surface area (Å²) < 4.78 is 0. The second-order valence-electron chi connectivity index (χ2n) is 3.65. The predicted octanol–water partition coefficient (Wildman–Crippen LogP) is 3.23. The van der Waals surface area contributed by atoms with Gasteiger partial charge in [0.25, 0.3) is 0 Å². The van der Waals surface area contributed by atoms with E-state index >= 15 is 0 Å². The number of benzene rings is 1. The summed E-state index contributed by atoms with van der Waals surface area (Å²) in [6.07, 6.45) is 1.27. The van der Waals surface area contributed by atoms with Crippen LogP contribution in [-0.4, -0.2) is 18.1 Å². The fourth-order valence-electron chi connectivity index (χ4n) is 1.48. The molecule has 0 aliphatic rings. The minimum atomic E-state index is 1.00. The Labute approximate surface area is 97.7 Å². The van der Waals surface area contributed by atoms with E-state index in [4.69, 9.17) is 0 Å². The second-order valence-corrected chi connectivity index (χ2v) is 5.05. The van der Waals surface area contributed by atoms with E-state index in [9.17, 15) is 0 Å². The number of nitrogens with one attached hydrogen (secondary N) is 1. The summed E-state index contributed by atoms with van der Waals surface area (Å²) in [4.78, 5) is 0. The maximum Gasteiger partial charge on any atom is 0.0208 e. The van der Waals surface area contributed by atoms with Crippen LogP contribution in [0, 0.1) is 6.92 Å². The van der Waals surface area contributed by atoms with Crippen LogP contribution in [0.5, 0.6) is 0 Å². The van der Waals surface area contributed by atoms with Gasteiger partial charge in [-0.3, -0.25) is 0 Å². The number of thioether (sulfide) groups is 1. The summed E-state index contributed by atoms with van der Waals surface area (Å²) in [5, 5.41) is 3.49. The molecule has 0 heterocycles. The highest BCUT2D eigenvalue weighted by Crippen LogP contribution is 2.06. The van der Waals surface area contributed by atoms with Gasteiger partial charge < -0.3 is 5.32 Å². The van der Waals surface area contributed by atoms with Crippen LogP contribution in [0.4, 0.5) is 0 Å². The molecular weight excluding hydrogens is 202 g/mol. The molecule has 0 spiro atoms. The lowest BCUT2D eigenvalue weighted by Gasteiger charge is -2.07. The Balaban J connectivity index is 2.12. The van der Waals surface area contributed by atoms with E-state index in [2.05, 4.69) is 43.4 Å². The van der Waals surface area contributed by atoms with Crippen LogP contribution in [0.15, 0.2) is 24.3 Å². The molecule has 0 aromatic heterocycles. The Kier molecular flexibility index (Phi) is 6.53. The van der Waals surface area contributed by atoms with Crippen molar-refractivity contribution in [3.05, 3.63) is 35.4 Å². The topological polar surface area (TPSA) is 12.0 Å². The van der Waals surface area contributed by atoms with Crippen molar-refractivity contribution in [2.75, 3.05) is 18.1 Å². The highest BCUT2D eigenvalue weighted by Gasteiger charge is 1.95. The normalized spacial score (nSPS) is 10.5. The maximum atomic E-state index is 3.49. The lowest BCUT2D eigenvalue weighted by atomic mass is 10.1. The zero-order valence-corrected chi connectivity index (χ0v) is 10.6. The Morgan fingerprint density at radius 1 is 1.27 bits per heavy atom. The molecule has 0 unspecified atom stereocenters. The van der Waals surface area contributed by atoms with Crippen molar-refractivity contribution in [2.45, 2.75) is 26.8 Å². The second kappa shape index (κ2) is 7.77. The van der Waals surface area contributed by atoms with Crippen LogP contribution >= 0.6 is 11.8 Å². The highest BCUT2D eigenvalue weighted by atomic mass is 32.2. The van der Waals surface area contributed by atoms with E-state index in [0.29, 0.717) is 0 Å². The summed E-state index contributed by atoms with van der Waals surface area (Å²) in [6, 6.07) is 8.57. The van der Waals surface area contributed by atoms with E-state index in [1.165, 1.54) is 29.1 Å². The van der Waals surface area contributed by atoms with E-state index < -0.39 is 0 Å². The van der Waals surface area contributed by atoms with Gasteiger partial charge in [0.15, 0.2) is 0 Å². The zero-order chi connectivity index (χ0) is 10.9. The minimum Gasteiger partial charge on any atom is -0.313 e. The summed E-state index contributed by atoms with van der Waals surface area (Å²) in [6.45, 7) is 6.51. The molecular formula is C13H21NS. The lowest BCUT2D eigenvalue weighted by molar-refractivity contribution is 0.676. The monoisotopic (exact) mass is 223 g/mol. The molecule has 0 fully saturated rings. The third-order valence-corrected chi connectivity index (χ3v) is 3.41. The predicted molar refractivity (Wildman–Crippen MR) is 70.5 cm³/mol. The van der Waals surface area contributed by atoms with Gasteiger partial charge in [-0.25, -0.2) is 0 Å². The molecule has 0 atom stereocenters. The fourth-order valence-corrected chi connectivity index (χ4v) is 2.11. The summed E-state index contributed by atoms with van der Waals surface area (Å²) in [5.74, 6) is 2.51. The summed E-state index contributed by atoms with van der Waals surface area (Å²) in [5.41, 5.74) is 2.80. The Hall–Kier alpha value is -0.470. The van der Waals surface area contributed by atoms with Crippen LogP contribution in [0.1, 0.15) is 24.5 Å². The minimum absolute atomic E-state index is 1.00. The van der Waals surface area contributed by atoms with Crippen LogP contribution in [0.3, 0.4) is 0 Å². The van der Waals surface area contributed by atoms with Crippen molar-refractivity contribution in [2.24, 2.45) is 0 Å². The lowest BCUT2D eigenvalue weighted by Crippen LogP contribution is -2.15. The first-order valence-corrected chi connectivity index (χ1v) is 6.83. The molecule has 1 aromatic carbocycles. The molecule has 0 radical (unpaired) electrons. The van der Waals surface area contributed by atoms with Crippen LogP contribution < -0.4 is 5.32 Å². The van der Waals surface area contributed by atoms with Gasteiger partial charge in [0.1, 0.15) is 0 Å². The Morgan fingerprint density at radius 3 is 2.80 bits per heavy atom. The van der Waals surface area contributed by atoms with E-state index in [0.717, 1.165) is 13.1 Å². The quantitative estimate of drug-likeness (QED) is 0.712. The van der Waals surface area contributed by atoms with Gasteiger partial charge >= 0.3 is 0 Å². The van der Waals surface area contributed by atoms with Crippen LogP contribution in [0.25, 0.3) is 0 Å². The number of rotatable bonds is 7. The molecule has 84 valence electrons. The van der Waals surface area contributed by atoms with Crippen LogP contribution in [-0.2, 0) is 6.54 Å². The van der Waals surface area contributed by atoms with Crippen molar-refractivity contribution in [1.29, 1.82) is 0 Å². The first-order chi connectivity index (χ1) is 7.34. The van der Waals surface area contributed by atoms with Crippen molar-refractivity contribution in [3.63, 3.8) is 0 Å². The first-order valence-electron chi connectivity index (χ1n) is 5.67. The molecule has 0 amide bonds. The fraction of sp³-hybridized carbons (Fsp3) is 0.538. The van der Waals surface area contributed by atoms with Gasteiger partial charge in [0.2, 0.25) is 0 Å². The molecule has 0 bridgehead atoms. The zero-order valence-electron chi connectivity index (χ0n) is 9.75. The van der Waals surface area contributed by atoms with Crippen molar-refractivity contribution >= 4 is 11.8 Å². The molecule has 1 N–H and O–H groups in total. The van der Waals surface area contributed by atoms with Gasteiger partial charge in [0.05, 0.1) is 0 Å². The molecule has 0 saturated carbocycles. The smallest absolute Gasteiger partial charge is 0.0208 e. The van der Waals surface area contributed by atoms with E-state index in [1.54, 1.807) is 0 Å². The molecule has 2 heteroatoms. The average molecular weight is 223 g/mol. The molecule has 0 aliphatic heterocycles. The molecule has 15 heavy (non-hydrogen) atoms. The molecule has 1 aromatic rings. The summed E-state index contributed by atoms with van der Waals surface area (Å²) >= 11 is 2.02.